The fourth-order valence-corrected chi connectivity index (χ4v) is 5.03. The first-order chi connectivity index (χ1) is 14.5. The van der Waals surface area contributed by atoms with Crippen molar-refractivity contribution in [2.45, 2.75) is 18.2 Å². The normalized spacial score (nSPS) is 13.1. The van der Waals surface area contributed by atoms with Crippen LogP contribution in [0.25, 0.3) is 11.3 Å². The lowest BCUT2D eigenvalue weighted by molar-refractivity contribution is -0.117. The molecule has 8 heteroatoms. The molecule has 2 aromatic carbocycles. The molecule has 0 fully saturated rings. The maximum atomic E-state index is 12.5. The number of aromatic nitrogens is 1. The molecule has 2 heterocycles. The van der Waals surface area contributed by atoms with E-state index in [2.05, 4.69) is 10.3 Å². The van der Waals surface area contributed by atoms with Crippen LogP contribution in [-0.4, -0.2) is 34.9 Å². The highest BCUT2D eigenvalue weighted by atomic mass is 32.2. The van der Waals surface area contributed by atoms with Gasteiger partial charge in [-0.15, -0.1) is 11.8 Å². The summed E-state index contributed by atoms with van der Waals surface area (Å²) in [6.07, 6.45) is 0.139. The zero-order valence-corrected chi connectivity index (χ0v) is 17.9. The van der Waals surface area contributed by atoms with Crippen LogP contribution in [0.4, 0.5) is 10.8 Å². The van der Waals surface area contributed by atoms with Gasteiger partial charge in [-0.05, 0) is 12.1 Å². The number of Topliss-reactive ketones (excluding diaryl/α,β-unsaturated/α-hetero) is 1. The van der Waals surface area contributed by atoms with Gasteiger partial charge in [-0.2, -0.15) is 0 Å². The van der Waals surface area contributed by atoms with Crippen LogP contribution in [0.1, 0.15) is 23.0 Å². The molecular weight excluding hydrogens is 418 g/mol. The summed E-state index contributed by atoms with van der Waals surface area (Å²) in [6, 6.07) is 17.1. The Hall–Kier alpha value is -2.97. The minimum absolute atomic E-state index is 0.00835. The number of para-hydroxylation sites is 1. The maximum Gasteiger partial charge on any atom is 0.237 e. The number of benzene rings is 2. The summed E-state index contributed by atoms with van der Waals surface area (Å²) in [5.41, 5.74) is 2.24. The van der Waals surface area contributed by atoms with Crippen LogP contribution in [0.2, 0.25) is 0 Å². The van der Waals surface area contributed by atoms with Gasteiger partial charge in [0.15, 0.2) is 10.9 Å². The third-order valence-corrected chi connectivity index (χ3v) is 6.73. The van der Waals surface area contributed by atoms with Crippen molar-refractivity contribution in [1.29, 1.82) is 0 Å². The number of thioether (sulfide) groups is 1. The van der Waals surface area contributed by atoms with Gasteiger partial charge >= 0.3 is 0 Å². The molecule has 0 saturated carbocycles. The molecule has 3 aromatic rings. The standard InChI is InChI=1S/C22H19N3O3S2/c1-14(26)21-20(15-7-3-2-4-8-15)24-22(30-21)23-18(27)11-12-25-16-9-5-6-10-17(16)29-13-19(25)28/h2-10H,11-13H2,1H3,(H,23,24,27). The molecule has 0 radical (unpaired) electrons. The highest BCUT2D eigenvalue weighted by Gasteiger charge is 2.25. The molecule has 1 N–H and O–H groups in total. The van der Waals surface area contributed by atoms with E-state index in [-0.39, 0.29) is 24.0 Å². The Bertz CT molecular complexity index is 1110. The summed E-state index contributed by atoms with van der Waals surface area (Å²) in [4.78, 5) is 44.6. The van der Waals surface area contributed by atoms with Gasteiger partial charge in [-0.1, -0.05) is 53.8 Å². The predicted molar refractivity (Wildman–Crippen MR) is 120 cm³/mol. The number of anilines is 2. The van der Waals surface area contributed by atoms with Gasteiger partial charge in [-0.3, -0.25) is 14.4 Å². The van der Waals surface area contributed by atoms with Crippen LogP contribution in [0, 0.1) is 0 Å². The van der Waals surface area contributed by atoms with Gasteiger partial charge in [0.2, 0.25) is 11.8 Å². The van der Waals surface area contributed by atoms with E-state index in [4.69, 9.17) is 0 Å². The summed E-state index contributed by atoms with van der Waals surface area (Å²) >= 11 is 2.68. The largest absolute Gasteiger partial charge is 0.310 e. The van der Waals surface area contributed by atoms with Crippen LogP contribution < -0.4 is 10.2 Å². The van der Waals surface area contributed by atoms with Gasteiger partial charge in [0.1, 0.15) is 0 Å². The van der Waals surface area contributed by atoms with E-state index in [0.717, 1.165) is 27.5 Å². The number of hydrogen-bond acceptors (Lipinski definition) is 6. The average Bonchev–Trinajstić information content (AvgIpc) is 3.18. The van der Waals surface area contributed by atoms with Crippen LogP contribution >= 0.6 is 23.1 Å². The SMILES string of the molecule is CC(=O)c1sc(NC(=O)CCN2C(=O)CSc3ccccc32)nc1-c1ccccc1. The quantitative estimate of drug-likeness (QED) is 0.575. The molecule has 0 spiro atoms. The molecule has 1 aliphatic heterocycles. The first-order valence-electron chi connectivity index (χ1n) is 9.42. The predicted octanol–water partition coefficient (Wildman–Crippen LogP) is 4.48. The lowest BCUT2D eigenvalue weighted by Crippen LogP contribution is -2.37. The molecule has 1 aliphatic rings. The number of ketones is 1. The summed E-state index contributed by atoms with van der Waals surface area (Å²) in [5.74, 6) is 0.0147. The fraction of sp³-hybridized carbons (Fsp3) is 0.182. The Morgan fingerprint density at radius 1 is 1.10 bits per heavy atom. The second-order valence-electron chi connectivity index (χ2n) is 6.72. The number of carbonyl (C=O) groups excluding carboxylic acids is 3. The van der Waals surface area contributed by atoms with Crippen molar-refractivity contribution in [2.75, 3.05) is 22.5 Å². The Kier molecular flexibility index (Phi) is 5.96. The molecule has 6 nitrogen and oxygen atoms in total. The average molecular weight is 438 g/mol. The second-order valence-corrected chi connectivity index (χ2v) is 8.74. The minimum atomic E-state index is -0.248. The second kappa shape index (κ2) is 8.81. The van der Waals surface area contributed by atoms with Crippen molar-refractivity contribution in [2.24, 2.45) is 0 Å². The van der Waals surface area contributed by atoms with E-state index in [9.17, 15) is 14.4 Å². The molecule has 0 aliphatic carbocycles. The Morgan fingerprint density at radius 2 is 1.83 bits per heavy atom. The zero-order valence-electron chi connectivity index (χ0n) is 16.3. The Balaban J connectivity index is 1.46. The number of nitrogens with one attached hydrogen (secondary N) is 1. The molecule has 1 aromatic heterocycles. The maximum absolute atomic E-state index is 12.5. The third-order valence-electron chi connectivity index (χ3n) is 4.61. The zero-order chi connectivity index (χ0) is 21.1. The molecule has 4 rings (SSSR count). The highest BCUT2D eigenvalue weighted by molar-refractivity contribution is 8.00. The van der Waals surface area contributed by atoms with E-state index in [0.29, 0.717) is 28.0 Å². The van der Waals surface area contributed by atoms with Gasteiger partial charge in [0, 0.05) is 30.3 Å². The number of nitrogens with zero attached hydrogens (tertiary/aromatic N) is 2. The topological polar surface area (TPSA) is 79.4 Å². The van der Waals surface area contributed by atoms with Crippen LogP contribution in [0.3, 0.4) is 0 Å². The van der Waals surface area contributed by atoms with E-state index in [1.165, 1.54) is 18.7 Å². The van der Waals surface area contributed by atoms with Crippen molar-refractivity contribution in [1.82, 2.24) is 4.98 Å². The van der Waals surface area contributed by atoms with Gasteiger partial charge in [-0.25, -0.2) is 4.98 Å². The van der Waals surface area contributed by atoms with E-state index >= 15 is 0 Å². The van der Waals surface area contributed by atoms with E-state index < -0.39 is 0 Å². The molecule has 152 valence electrons. The Morgan fingerprint density at radius 3 is 2.60 bits per heavy atom. The smallest absolute Gasteiger partial charge is 0.237 e. The third kappa shape index (κ3) is 4.29. The highest BCUT2D eigenvalue weighted by Crippen LogP contribution is 2.35. The molecule has 0 atom stereocenters. The van der Waals surface area contributed by atoms with E-state index in [1.54, 1.807) is 4.90 Å². The molecular formula is C22H19N3O3S2. The van der Waals surface area contributed by atoms with Crippen molar-refractivity contribution in [3.05, 3.63) is 59.5 Å². The Labute approximate surface area is 182 Å². The number of thiazole rings is 1. The molecule has 30 heavy (non-hydrogen) atoms. The van der Waals surface area contributed by atoms with Crippen LogP contribution in [-0.2, 0) is 9.59 Å². The van der Waals surface area contributed by atoms with Crippen LogP contribution in [0.5, 0.6) is 0 Å². The van der Waals surface area contributed by atoms with Gasteiger partial charge in [0.25, 0.3) is 0 Å². The number of fused-ring (bicyclic) bond motifs is 1. The van der Waals surface area contributed by atoms with Crippen molar-refractivity contribution in [3.8, 4) is 11.3 Å². The summed E-state index contributed by atoms with van der Waals surface area (Å²) in [5, 5.41) is 3.16. The number of hydrogen-bond donors (Lipinski definition) is 1. The van der Waals surface area contributed by atoms with Gasteiger partial charge in [0.05, 0.1) is 22.0 Å². The van der Waals surface area contributed by atoms with Crippen LogP contribution in [0.15, 0.2) is 59.5 Å². The first-order valence-corrected chi connectivity index (χ1v) is 11.2. The summed E-state index contributed by atoms with van der Waals surface area (Å²) < 4.78 is 0. The lowest BCUT2D eigenvalue weighted by Gasteiger charge is -2.28. The molecule has 0 bridgehead atoms. The molecule has 0 unspecified atom stereocenters. The molecule has 2 amide bonds. The monoisotopic (exact) mass is 437 g/mol. The minimum Gasteiger partial charge on any atom is -0.310 e. The number of carbonyl (C=O) groups is 3. The number of rotatable bonds is 6. The summed E-state index contributed by atoms with van der Waals surface area (Å²) in [6.45, 7) is 1.78. The summed E-state index contributed by atoms with van der Waals surface area (Å²) in [7, 11) is 0. The lowest BCUT2D eigenvalue weighted by atomic mass is 10.1. The first kappa shape index (κ1) is 20.3. The van der Waals surface area contributed by atoms with Crippen molar-refractivity contribution < 1.29 is 14.4 Å². The van der Waals surface area contributed by atoms with Gasteiger partial charge < -0.3 is 10.2 Å². The molecule has 0 saturated heterocycles. The van der Waals surface area contributed by atoms with Crippen molar-refractivity contribution >= 4 is 51.5 Å². The number of amides is 2. The fourth-order valence-electron chi connectivity index (χ4n) is 3.20. The van der Waals surface area contributed by atoms with Crippen molar-refractivity contribution in [3.63, 3.8) is 0 Å². The van der Waals surface area contributed by atoms with E-state index in [1.807, 2.05) is 54.6 Å².